The van der Waals surface area contributed by atoms with Gasteiger partial charge in [-0.3, -0.25) is 4.79 Å². The predicted molar refractivity (Wildman–Crippen MR) is 109 cm³/mol. The van der Waals surface area contributed by atoms with E-state index in [9.17, 15) is 4.79 Å². The number of aromatic nitrogens is 1. The highest BCUT2D eigenvalue weighted by atomic mass is 16.5. The molecule has 2 aromatic carbocycles. The van der Waals surface area contributed by atoms with Gasteiger partial charge in [-0.25, -0.2) is 0 Å². The molecule has 3 heteroatoms. The molecular weight excluding hydrogens is 322 g/mol. The number of rotatable bonds is 6. The summed E-state index contributed by atoms with van der Waals surface area (Å²) in [5.74, 6) is 0.192. The Balaban J connectivity index is 2.07. The third kappa shape index (κ3) is 3.11. The van der Waals surface area contributed by atoms with Gasteiger partial charge in [0, 0.05) is 28.4 Å². The molecule has 1 atom stereocenters. The van der Waals surface area contributed by atoms with E-state index in [-0.39, 0.29) is 5.97 Å². The maximum Gasteiger partial charge on any atom is 0.311 e. The number of para-hydroxylation sites is 1. The van der Waals surface area contributed by atoms with Crippen molar-refractivity contribution in [3.8, 4) is 0 Å². The predicted octanol–water partition coefficient (Wildman–Crippen LogP) is 5.90. The van der Waals surface area contributed by atoms with E-state index in [0.29, 0.717) is 5.92 Å². The number of hydrogen-bond acceptors (Lipinski definition) is 2. The maximum atomic E-state index is 12.1. The molecule has 0 amide bonds. The highest BCUT2D eigenvalue weighted by Gasteiger charge is 2.32. The molecule has 0 aliphatic carbocycles. The molecule has 138 valence electrons. The van der Waals surface area contributed by atoms with E-state index in [0.717, 1.165) is 19.4 Å². The molecule has 3 nitrogen and oxygen atoms in total. The summed E-state index contributed by atoms with van der Waals surface area (Å²) < 4.78 is 7.37. The van der Waals surface area contributed by atoms with Crippen LogP contribution in [-0.2, 0) is 16.1 Å². The number of aryl methyl sites for hydroxylation is 1. The number of esters is 1. The number of fused-ring (bicyclic) bond motifs is 3. The minimum Gasteiger partial charge on any atom is -0.469 e. The number of carbonyl (C=O) groups is 1. The van der Waals surface area contributed by atoms with Gasteiger partial charge in [-0.05, 0) is 63.3 Å². The summed E-state index contributed by atoms with van der Waals surface area (Å²) in [4.78, 5) is 12.1. The van der Waals surface area contributed by atoms with Crippen molar-refractivity contribution >= 4 is 27.8 Å². The van der Waals surface area contributed by atoms with Crippen molar-refractivity contribution < 1.29 is 9.53 Å². The van der Waals surface area contributed by atoms with E-state index in [4.69, 9.17) is 4.74 Å². The molecule has 0 radical (unpaired) electrons. The average molecular weight is 351 g/mol. The number of methoxy groups -OCH3 is 1. The lowest BCUT2D eigenvalue weighted by molar-refractivity contribution is -0.151. The molecule has 0 bridgehead atoms. The van der Waals surface area contributed by atoms with Crippen LogP contribution in [0.4, 0.5) is 0 Å². The van der Waals surface area contributed by atoms with Crippen molar-refractivity contribution in [1.82, 2.24) is 4.57 Å². The van der Waals surface area contributed by atoms with Crippen molar-refractivity contribution in [3.63, 3.8) is 0 Å². The van der Waals surface area contributed by atoms with Gasteiger partial charge in [-0.1, -0.05) is 31.2 Å². The lowest BCUT2D eigenvalue weighted by Gasteiger charge is -2.27. The zero-order chi connectivity index (χ0) is 18.9. The second-order valence-electron chi connectivity index (χ2n) is 7.72. The summed E-state index contributed by atoms with van der Waals surface area (Å²) >= 11 is 0. The molecule has 1 aromatic heterocycles. The first kappa shape index (κ1) is 18.5. The fraction of sp³-hybridized carbons (Fsp3) is 0.435. The Hall–Kier alpha value is -2.29. The van der Waals surface area contributed by atoms with Crippen LogP contribution in [0.3, 0.4) is 0 Å². The van der Waals surface area contributed by atoms with Gasteiger partial charge in [-0.2, -0.15) is 0 Å². The van der Waals surface area contributed by atoms with Gasteiger partial charge >= 0.3 is 5.97 Å². The number of carbonyl (C=O) groups excluding carboxylic acids is 1. The van der Waals surface area contributed by atoms with Crippen molar-refractivity contribution in [2.75, 3.05) is 7.11 Å². The molecule has 0 saturated carbocycles. The fourth-order valence-electron chi connectivity index (χ4n) is 4.14. The molecule has 0 aliphatic rings. The highest BCUT2D eigenvalue weighted by Crippen LogP contribution is 2.37. The Morgan fingerprint density at radius 1 is 1.08 bits per heavy atom. The van der Waals surface area contributed by atoms with Crippen LogP contribution in [-0.4, -0.2) is 17.6 Å². The number of hydrogen-bond donors (Lipinski definition) is 0. The Bertz CT molecular complexity index is 936. The first-order valence-corrected chi connectivity index (χ1v) is 9.52. The Labute approximate surface area is 156 Å². The molecule has 0 aliphatic heterocycles. The quantitative estimate of drug-likeness (QED) is 0.518. The minimum atomic E-state index is -0.484. The molecule has 0 N–H and O–H groups in total. The van der Waals surface area contributed by atoms with Gasteiger partial charge < -0.3 is 9.30 Å². The summed E-state index contributed by atoms with van der Waals surface area (Å²) in [7, 11) is 1.47. The Kier molecular flexibility index (Phi) is 5.08. The van der Waals surface area contributed by atoms with Crippen molar-refractivity contribution in [2.24, 2.45) is 5.41 Å². The zero-order valence-corrected chi connectivity index (χ0v) is 16.5. The van der Waals surface area contributed by atoms with Gasteiger partial charge in [0.25, 0.3) is 0 Å². The lowest BCUT2D eigenvalue weighted by atomic mass is 9.78. The van der Waals surface area contributed by atoms with Gasteiger partial charge in [-0.15, -0.1) is 0 Å². The first-order chi connectivity index (χ1) is 12.4. The summed E-state index contributed by atoms with van der Waals surface area (Å²) in [5, 5.41) is 2.60. The molecule has 0 spiro atoms. The Morgan fingerprint density at radius 2 is 1.77 bits per heavy atom. The maximum absolute atomic E-state index is 12.1. The third-order valence-corrected chi connectivity index (χ3v) is 5.57. The molecule has 1 heterocycles. The average Bonchev–Trinajstić information content (AvgIpc) is 2.98. The van der Waals surface area contributed by atoms with Gasteiger partial charge in [0.05, 0.1) is 12.5 Å². The van der Waals surface area contributed by atoms with Gasteiger partial charge in [0.2, 0.25) is 0 Å². The Morgan fingerprint density at radius 3 is 2.42 bits per heavy atom. The highest BCUT2D eigenvalue weighted by molar-refractivity contribution is 6.08. The van der Waals surface area contributed by atoms with Crippen LogP contribution in [0, 0.1) is 5.41 Å². The molecule has 1 unspecified atom stereocenters. The molecule has 26 heavy (non-hydrogen) atoms. The summed E-state index contributed by atoms with van der Waals surface area (Å²) in [5.41, 5.74) is 3.38. The van der Waals surface area contributed by atoms with E-state index in [2.05, 4.69) is 60.9 Å². The van der Waals surface area contributed by atoms with E-state index >= 15 is 0 Å². The first-order valence-electron chi connectivity index (χ1n) is 9.52. The molecule has 3 aromatic rings. The van der Waals surface area contributed by atoms with Crippen LogP contribution >= 0.6 is 0 Å². The topological polar surface area (TPSA) is 31.2 Å². The van der Waals surface area contributed by atoms with Crippen LogP contribution in [0.1, 0.15) is 52.0 Å². The van der Waals surface area contributed by atoms with Gasteiger partial charge in [0.1, 0.15) is 0 Å². The molecule has 3 rings (SSSR count). The second kappa shape index (κ2) is 7.14. The van der Waals surface area contributed by atoms with Gasteiger partial charge in [0.15, 0.2) is 0 Å². The zero-order valence-electron chi connectivity index (χ0n) is 16.5. The van der Waals surface area contributed by atoms with E-state index in [1.54, 1.807) is 0 Å². The fourth-order valence-corrected chi connectivity index (χ4v) is 4.14. The minimum absolute atomic E-state index is 0.139. The summed E-state index contributed by atoms with van der Waals surface area (Å²) in [6, 6.07) is 15.4. The van der Waals surface area contributed by atoms with E-state index in [1.807, 2.05) is 13.8 Å². The SMILES string of the molecule is CCC(CC(C)(C)C(=O)OC)c1ccc2c(c1)c1ccccc1n2CC. The summed E-state index contributed by atoms with van der Waals surface area (Å²) in [6.45, 7) is 9.28. The van der Waals surface area contributed by atoms with Crippen LogP contribution < -0.4 is 0 Å². The number of benzene rings is 2. The lowest BCUT2D eigenvalue weighted by Crippen LogP contribution is -2.27. The van der Waals surface area contributed by atoms with Crippen molar-refractivity contribution in [2.45, 2.75) is 53.0 Å². The van der Waals surface area contributed by atoms with Crippen LogP contribution in [0.15, 0.2) is 42.5 Å². The third-order valence-electron chi connectivity index (χ3n) is 5.57. The summed E-state index contributed by atoms with van der Waals surface area (Å²) in [6.07, 6.45) is 1.78. The normalized spacial score (nSPS) is 13.3. The smallest absolute Gasteiger partial charge is 0.311 e. The number of nitrogens with zero attached hydrogens (tertiary/aromatic N) is 1. The van der Waals surface area contributed by atoms with Crippen LogP contribution in [0.5, 0.6) is 0 Å². The van der Waals surface area contributed by atoms with Crippen molar-refractivity contribution in [3.05, 3.63) is 48.0 Å². The molecular formula is C23H29NO2. The van der Waals surface area contributed by atoms with Crippen LogP contribution in [0.25, 0.3) is 21.8 Å². The number of ether oxygens (including phenoxy) is 1. The molecule has 0 saturated heterocycles. The standard InChI is InChI=1S/C23H29NO2/c1-6-16(15-23(3,4)22(25)26-5)17-12-13-21-19(14-17)18-10-8-9-11-20(18)24(21)7-2/h8-14,16H,6-7,15H2,1-5H3. The molecule has 0 fully saturated rings. The monoisotopic (exact) mass is 351 g/mol. The second-order valence-corrected chi connectivity index (χ2v) is 7.72. The largest absolute Gasteiger partial charge is 0.469 e. The van der Waals surface area contributed by atoms with E-state index < -0.39 is 5.41 Å². The van der Waals surface area contributed by atoms with E-state index in [1.165, 1.54) is 34.5 Å². The van der Waals surface area contributed by atoms with Crippen molar-refractivity contribution in [1.29, 1.82) is 0 Å². The van der Waals surface area contributed by atoms with Crippen LogP contribution in [0.2, 0.25) is 0 Å².